The molecule has 1 N–H and O–H groups in total. The van der Waals surface area contributed by atoms with Crippen molar-refractivity contribution in [1.29, 1.82) is 0 Å². The summed E-state index contributed by atoms with van der Waals surface area (Å²) in [5.41, 5.74) is 4.08. The monoisotopic (exact) mass is 462 g/mol. The summed E-state index contributed by atoms with van der Waals surface area (Å²) in [6, 6.07) is 19.7. The van der Waals surface area contributed by atoms with Gasteiger partial charge in [0.25, 0.3) is 0 Å². The van der Waals surface area contributed by atoms with Crippen molar-refractivity contribution in [1.82, 2.24) is 4.98 Å². The molecule has 0 radical (unpaired) electrons. The molecule has 32 heavy (non-hydrogen) atoms. The molecule has 1 amide bonds. The number of thioether (sulfide) groups is 1. The van der Waals surface area contributed by atoms with E-state index in [4.69, 9.17) is 4.74 Å². The van der Waals surface area contributed by atoms with Gasteiger partial charge in [0.2, 0.25) is 5.91 Å². The average molecular weight is 463 g/mol. The number of esters is 1. The van der Waals surface area contributed by atoms with Crippen LogP contribution in [0.15, 0.2) is 71.1 Å². The average Bonchev–Trinajstić information content (AvgIpc) is 3.21. The third-order valence-electron chi connectivity index (χ3n) is 4.81. The fraction of sp³-hybridized carbons (Fsp3) is 0.160. The molecule has 2 aromatic carbocycles. The second kappa shape index (κ2) is 9.97. The predicted molar refractivity (Wildman–Crippen MR) is 132 cm³/mol. The number of pyridine rings is 1. The number of thiophene rings is 1. The number of fused-ring (bicyclic) bond motifs is 1. The smallest absolute Gasteiger partial charge is 0.341 e. The highest BCUT2D eigenvalue weighted by Crippen LogP contribution is 2.36. The van der Waals surface area contributed by atoms with Crippen molar-refractivity contribution < 1.29 is 14.3 Å². The van der Waals surface area contributed by atoms with Crippen molar-refractivity contribution >= 4 is 50.9 Å². The molecule has 0 saturated heterocycles. The van der Waals surface area contributed by atoms with E-state index in [2.05, 4.69) is 10.3 Å². The molecule has 0 atom stereocenters. The summed E-state index contributed by atoms with van der Waals surface area (Å²) in [5, 5.41) is 7.10. The SMILES string of the molecule is CCOC(=O)c1c(-c2ccc(C)cc2)csc1NC(=O)CSc1ccc2ccccc2n1. The number of hydrogen-bond donors (Lipinski definition) is 1. The number of amides is 1. The zero-order chi connectivity index (χ0) is 22.5. The maximum atomic E-state index is 12.7. The number of nitrogens with zero attached hydrogens (tertiary/aromatic N) is 1. The normalized spacial score (nSPS) is 10.8. The van der Waals surface area contributed by atoms with Gasteiger partial charge in [-0.15, -0.1) is 11.3 Å². The number of hydrogen-bond acceptors (Lipinski definition) is 6. The first kappa shape index (κ1) is 22.0. The number of aryl methyl sites for hydroxylation is 1. The number of carbonyl (C=O) groups is 2. The molecule has 0 aliphatic rings. The van der Waals surface area contributed by atoms with Crippen LogP contribution in [0.2, 0.25) is 0 Å². The minimum absolute atomic E-state index is 0.186. The molecule has 0 unspecified atom stereocenters. The summed E-state index contributed by atoms with van der Waals surface area (Å²) >= 11 is 2.68. The maximum Gasteiger partial charge on any atom is 0.341 e. The first-order valence-corrected chi connectivity index (χ1v) is 12.1. The van der Waals surface area contributed by atoms with Crippen molar-refractivity contribution in [3.8, 4) is 11.1 Å². The number of carbonyl (C=O) groups excluding carboxylic acids is 2. The second-order valence-corrected chi connectivity index (χ2v) is 8.99. The van der Waals surface area contributed by atoms with Crippen molar-refractivity contribution in [2.75, 3.05) is 17.7 Å². The van der Waals surface area contributed by atoms with Gasteiger partial charge in [0, 0.05) is 16.3 Å². The van der Waals surface area contributed by atoms with Crippen LogP contribution >= 0.6 is 23.1 Å². The van der Waals surface area contributed by atoms with Crippen LogP contribution in [0, 0.1) is 6.92 Å². The molecule has 0 spiro atoms. The Balaban J connectivity index is 1.51. The molecule has 2 aromatic heterocycles. The Labute approximate surface area is 194 Å². The Morgan fingerprint density at radius 2 is 1.84 bits per heavy atom. The second-order valence-electron chi connectivity index (χ2n) is 7.12. The zero-order valence-electron chi connectivity index (χ0n) is 17.8. The van der Waals surface area contributed by atoms with E-state index in [0.717, 1.165) is 32.6 Å². The van der Waals surface area contributed by atoms with Crippen molar-refractivity contribution in [2.45, 2.75) is 18.9 Å². The highest BCUT2D eigenvalue weighted by molar-refractivity contribution is 7.99. The zero-order valence-corrected chi connectivity index (χ0v) is 19.4. The third-order valence-corrected chi connectivity index (χ3v) is 6.64. The van der Waals surface area contributed by atoms with Gasteiger partial charge < -0.3 is 10.1 Å². The number of para-hydroxylation sites is 1. The molecule has 0 fully saturated rings. The van der Waals surface area contributed by atoms with Crippen LogP contribution in [0.5, 0.6) is 0 Å². The maximum absolute atomic E-state index is 12.7. The van der Waals surface area contributed by atoms with E-state index in [1.165, 1.54) is 23.1 Å². The number of ether oxygens (including phenoxy) is 1. The Hall–Kier alpha value is -3.16. The third kappa shape index (κ3) is 5.00. The standard InChI is InChI=1S/C25H22N2O3S2/c1-3-30-25(29)23-19(17-10-8-16(2)9-11-17)14-32-24(23)27-21(28)15-31-22-13-12-18-6-4-5-7-20(18)26-22/h4-14H,3,15H2,1-2H3,(H,27,28). The van der Waals surface area contributed by atoms with E-state index >= 15 is 0 Å². The first-order valence-electron chi connectivity index (χ1n) is 10.2. The molecule has 162 valence electrons. The van der Waals surface area contributed by atoms with E-state index in [0.29, 0.717) is 10.6 Å². The lowest BCUT2D eigenvalue weighted by Gasteiger charge is -2.09. The molecular weight excluding hydrogens is 440 g/mol. The van der Waals surface area contributed by atoms with Gasteiger partial charge in [-0.1, -0.05) is 65.9 Å². The lowest BCUT2D eigenvalue weighted by atomic mass is 10.0. The van der Waals surface area contributed by atoms with Gasteiger partial charge in [0.05, 0.1) is 22.9 Å². The summed E-state index contributed by atoms with van der Waals surface area (Å²) in [7, 11) is 0. The summed E-state index contributed by atoms with van der Waals surface area (Å²) in [6.07, 6.45) is 0. The Kier molecular flexibility index (Phi) is 6.87. The van der Waals surface area contributed by atoms with Gasteiger partial charge in [-0.2, -0.15) is 0 Å². The van der Waals surface area contributed by atoms with E-state index in [1.54, 1.807) is 6.92 Å². The van der Waals surface area contributed by atoms with Crippen LogP contribution in [0.1, 0.15) is 22.8 Å². The first-order chi connectivity index (χ1) is 15.5. The lowest BCUT2D eigenvalue weighted by molar-refractivity contribution is -0.113. The van der Waals surface area contributed by atoms with Crippen molar-refractivity contribution in [2.24, 2.45) is 0 Å². The number of rotatable bonds is 7. The molecule has 0 bridgehead atoms. The molecule has 0 aliphatic carbocycles. The van der Waals surface area contributed by atoms with Crippen LogP contribution in [-0.2, 0) is 9.53 Å². The summed E-state index contributed by atoms with van der Waals surface area (Å²) < 4.78 is 5.27. The minimum Gasteiger partial charge on any atom is -0.462 e. The van der Waals surface area contributed by atoms with Gasteiger partial charge in [-0.05, 0) is 31.5 Å². The number of aromatic nitrogens is 1. The van der Waals surface area contributed by atoms with E-state index in [1.807, 2.05) is 73.0 Å². The Bertz CT molecular complexity index is 1270. The topological polar surface area (TPSA) is 68.3 Å². The minimum atomic E-state index is -0.441. The van der Waals surface area contributed by atoms with Crippen LogP contribution in [0.25, 0.3) is 22.0 Å². The lowest BCUT2D eigenvalue weighted by Crippen LogP contribution is -2.16. The fourth-order valence-electron chi connectivity index (χ4n) is 3.23. The molecule has 5 nitrogen and oxygen atoms in total. The van der Waals surface area contributed by atoms with Crippen LogP contribution in [0.4, 0.5) is 5.00 Å². The number of nitrogens with one attached hydrogen (secondary N) is 1. The molecule has 0 aliphatic heterocycles. The van der Waals surface area contributed by atoms with Gasteiger partial charge >= 0.3 is 5.97 Å². The molecular formula is C25H22N2O3S2. The number of benzene rings is 2. The summed E-state index contributed by atoms with van der Waals surface area (Å²) in [4.78, 5) is 29.9. The number of anilines is 1. The van der Waals surface area contributed by atoms with E-state index in [-0.39, 0.29) is 18.3 Å². The van der Waals surface area contributed by atoms with E-state index in [9.17, 15) is 9.59 Å². The van der Waals surface area contributed by atoms with Gasteiger partial charge in [-0.3, -0.25) is 4.79 Å². The Morgan fingerprint density at radius 1 is 1.06 bits per heavy atom. The summed E-state index contributed by atoms with van der Waals surface area (Å²) in [5.74, 6) is -0.456. The predicted octanol–water partition coefficient (Wildman–Crippen LogP) is 6.18. The quantitative estimate of drug-likeness (QED) is 0.262. The fourth-order valence-corrected chi connectivity index (χ4v) is 4.88. The molecule has 0 saturated carbocycles. The highest BCUT2D eigenvalue weighted by Gasteiger charge is 2.22. The van der Waals surface area contributed by atoms with Gasteiger partial charge in [0.1, 0.15) is 10.6 Å². The van der Waals surface area contributed by atoms with Crippen molar-refractivity contribution in [3.63, 3.8) is 0 Å². The van der Waals surface area contributed by atoms with E-state index < -0.39 is 5.97 Å². The molecule has 4 aromatic rings. The molecule has 4 rings (SSSR count). The molecule has 2 heterocycles. The van der Waals surface area contributed by atoms with Gasteiger partial charge in [-0.25, -0.2) is 9.78 Å². The van der Waals surface area contributed by atoms with Crippen LogP contribution in [-0.4, -0.2) is 29.2 Å². The largest absolute Gasteiger partial charge is 0.462 e. The Morgan fingerprint density at radius 3 is 2.62 bits per heavy atom. The van der Waals surface area contributed by atoms with Crippen LogP contribution < -0.4 is 5.32 Å². The highest BCUT2D eigenvalue weighted by atomic mass is 32.2. The van der Waals surface area contributed by atoms with Gasteiger partial charge in [0.15, 0.2) is 0 Å². The summed E-state index contributed by atoms with van der Waals surface area (Å²) in [6.45, 7) is 4.04. The van der Waals surface area contributed by atoms with Crippen molar-refractivity contribution in [3.05, 3.63) is 77.2 Å². The molecule has 7 heteroatoms. The van der Waals surface area contributed by atoms with Crippen LogP contribution in [0.3, 0.4) is 0 Å².